The first-order valence-electron chi connectivity index (χ1n) is 10.6. The van der Waals surface area contributed by atoms with Crippen LogP contribution >= 0.6 is 0 Å². The van der Waals surface area contributed by atoms with E-state index in [0.29, 0.717) is 29.4 Å². The fourth-order valence-corrected chi connectivity index (χ4v) is 3.44. The highest BCUT2D eigenvalue weighted by atomic mass is 16.5. The molecule has 0 aliphatic carbocycles. The zero-order chi connectivity index (χ0) is 24.7. The van der Waals surface area contributed by atoms with E-state index in [1.54, 1.807) is 30.5 Å². The van der Waals surface area contributed by atoms with Crippen LogP contribution in [-0.4, -0.2) is 57.1 Å². The fourth-order valence-electron chi connectivity index (χ4n) is 3.44. The van der Waals surface area contributed by atoms with Crippen molar-refractivity contribution in [3.63, 3.8) is 0 Å². The molecule has 1 amide bonds. The third-order valence-corrected chi connectivity index (χ3v) is 5.14. The van der Waals surface area contributed by atoms with Crippen molar-refractivity contribution in [3.05, 3.63) is 57.5 Å². The van der Waals surface area contributed by atoms with E-state index in [1.807, 2.05) is 0 Å². The number of anilines is 1. The monoisotopic (exact) mass is 470 g/mol. The number of nitrogens with zero attached hydrogens (tertiary/aromatic N) is 1. The van der Waals surface area contributed by atoms with Crippen LogP contribution in [0.15, 0.2) is 35.3 Å². The van der Waals surface area contributed by atoms with E-state index >= 15 is 0 Å². The molecule has 3 aromatic rings. The Morgan fingerprint density at radius 2 is 1.91 bits per heavy atom. The quantitative estimate of drug-likeness (QED) is 0.209. The van der Waals surface area contributed by atoms with E-state index in [0.717, 1.165) is 11.1 Å². The third-order valence-electron chi connectivity index (χ3n) is 5.14. The number of benzene rings is 1. The maximum Gasteiger partial charge on any atom is 0.328 e. The average molecular weight is 470 g/mol. The van der Waals surface area contributed by atoms with Crippen LogP contribution in [0.4, 0.5) is 5.95 Å². The zero-order valence-corrected chi connectivity index (χ0v) is 18.3. The summed E-state index contributed by atoms with van der Waals surface area (Å²) in [7, 11) is 0. The number of aromatic nitrogens is 3. The Balaban J connectivity index is 1.63. The zero-order valence-electron chi connectivity index (χ0n) is 18.3. The molecule has 180 valence electrons. The lowest BCUT2D eigenvalue weighted by molar-refractivity contribution is -0.146. The number of aliphatic carboxylic acids is 1. The first kappa shape index (κ1) is 24.5. The van der Waals surface area contributed by atoms with Gasteiger partial charge in [0.05, 0.1) is 5.39 Å². The smallest absolute Gasteiger partial charge is 0.328 e. The molecule has 0 unspecified atom stereocenters. The highest BCUT2D eigenvalue weighted by molar-refractivity contribution is 5.96. The number of carbonyl (C=O) groups excluding carboxylic acids is 2. The van der Waals surface area contributed by atoms with Gasteiger partial charge >= 0.3 is 11.9 Å². The van der Waals surface area contributed by atoms with Crippen LogP contribution < -0.4 is 22.3 Å². The number of amides is 1. The number of nitrogen functional groups attached to an aromatic ring is 1. The molecule has 2 heterocycles. The van der Waals surface area contributed by atoms with Crippen LogP contribution in [0.1, 0.15) is 34.3 Å². The average Bonchev–Trinajstić information content (AvgIpc) is 3.21. The van der Waals surface area contributed by atoms with Crippen molar-refractivity contribution in [2.75, 3.05) is 18.9 Å². The number of aryl methyl sites for hydroxylation is 2. The molecule has 12 heteroatoms. The van der Waals surface area contributed by atoms with Crippen molar-refractivity contribution in [2.24, 2.45) is 5.73 Å². The second-order valence-electron chi connectivity index (χ2n) is 7.60. The number of rotatable bonds is 11. The SMILES string of the molecule is NCCOC(=O)[C@H](CCC(=O)O)NC(=O)c1ccc(CCc2c[nH]c3nc(N)[nH]c(=O)c23)cc1. The predicted molar refractivity (Wildman–Crippen MR) is 123 cm³/mol. The molecule has 12 nitrogen and oxygen atoms in total. The molecule has 0 spiro atoms. The Morgan fingerprint density at radius 3 is 2.59 bits per heavy atom. The Kier molecular flexibility index (Phi) is 7.98. The Morgan fingerprint density at radius 1 is 1.18 bits per heavy atom. The van der Waals surface area contributed by atoms with Crippen molar-refractivity contribution >= 4 is 34.8 Å². The topological polar surface area (TPSA) is 206 Å². The van der Waals surface area contributed by atoms with Crippen LogP contribution in [0.5, 0.6) is 0 Å². The fraction of sp³-hybridized carbons (Fsp3) is 0.318. The summed E-state index contributed by atoms with van der Waals surface area (Å²) < 4.78 is 4.94. The largest absolute Gasteiger partial charge is 0.481 e. The van der Waals surface area contributed by atoms with Gasteiger partial charge in [-0.3, -0.25) is 19.4 Å². The molecule has 0 aliphatic rings. The van der Waals surface area contributed by atoms with E-state index in [2.05, 4.69) is 20.3 Å². The molecule has 0 saturated carbocycles. The number of carboxylic acid groups (broad SMARTS) is 1. The maximum atomic E-state index is 12.6. The normalized spacial score (nSPS) is 11.8. The number of ether oxygens (including phenoxy) is 1. The van der Waals surface area contributed by atoms with E-state index in [9.17, 15) is 19.2 Å². The first-order chi connectivity index (χ1) is 16.3. The second kappa shape index (κ2) is 11.1. The van der Waals surface area contributed by atoms with Crippen molar-refractivity contribution in [1.29, 1.82) is 0 Å². The molecule has 1 atom stereocenters. The van der Waals surface area contributed by atoms with Gasteiger partial charge in [-0.1, -0.05) is 12.1 Å². The van der Waals surface area contributed by atoms with Gasteiger partial charge in [0.2, 0.25) is 5.95 Å². The Bertz CT molecular complexity index is 1230. The molecule has 2 aromatic heterocycles. The van der Waals surface area contributed by atoms with Crippen LogP contribution in [0.2, 0.25) is 0 Å². The number of esters is 1. The van der Waals surface area contributed by atoms with Crippen molar-refractivity contribution < 1.29 is 24.2 Å². The number of carboxylic acids is 1. The van der Waals surface area contributed by atoms with Gasteiger partial charge in [0.25, 0.3) is 11.5 Å². The van der Waals surface area contributed by atoms with E-state index in [1.165, 1.54) is 0 Å². The van der Waals surface area contributed by atoms with Gasteiger partial charge in [-0.25, -0.2) is 4.79 Å². The highest BCUT2D eigenvalue weighted by Crippen LogP contribution is 2.16. The van der Waals surface area contributed by atoms with Crippen LogP contribution in [-0.2, 0) is 27.2 Å². The summed E-state index contributed by atoms with van der Waals surface area (Å²) in [4.78, 5) is 57.3. The van der Waals surface area contributed by atoms with Gasteiger partial charge in [-0.2, -0.15) is 4.98 Å². The van der Waals surface area contributed by atoms with Gasteiger partial charge in [0, 0.05) is 24.7 Å². The van der Waals surface area contributed by atoms with E-state index in [-0.39, 0.29) is 37.5 Å². The van der Waals surface area contributed by atoms with Crippen molar-refractivity contribution in [3.8, 4) is 0 Å². The molecule has 0 fully saturated rings. The summed E-state index contributed by atoms with van der Waals surface area (Å²) in [5, 5.41) is 11.9. The number of hydrogen-bond donors (Lipinski definition) is 6. The van der Waals surface area contributed by atoms with Gasteiger partial charge in [-0.05, 0) is 42.5 Å². The second-order valence-corrected chi connectivity index (χ2v) is 7.60. The lowest BCUT2D eigenvalue weighted by Crippen LogP contribution is -2.42. The highest BCUT2D eigenvalue weighted by Gasteiger charge is 2.23. The van der Waals surface area contributed by atoms with Gasteiger partial charge in [0.15, 0.2) is 0 Å². The lowest BCUT2D eigenvalue weighted by Gasteiger charge is -2.17. The summed E-state index contributed by atoms with van der Waals surface area (Å²) in [5.41, 5.74) is 13.0. The first-order valence-corrected chi connectivity index (χ1v) is 10.6. The number of nitrogens with one attached hydrogen (secondary N) is 3. The number of H-pyrrole nitrogens is 2. The molecule has 0 aliphatic heterocycles. The molecule has 0 bridgehead atoms. The number of carbonyl (C=O) groups is 3. The summed E-state index contributed by atoms with van der Waals surface area (Å²) >= 11 is 0. The lowest BCUT2D eigenvalue weighted by atomic mass is 10.0. The molecule has 34 heavy (non-hydrogen) atoms. The van der Waals surface area contributed by atoms with Gasteiger partial charge in [0.1, 0.15) is 18.3 Å². The maximum absolute atomic E-state index is 12.6. The van der Waals surface area contributed by atoms with Gasteiger partial charge in [-0.15, -0.1) is 0 Å². The number of aromatic amines is 2. The van der Waals surface area contributed by atoms with Crippen molar-refractivity contribution in [2.45, 2.75) is 31.7 Å². The van der Waals surface area contributed by atoms with Crippen LogP contribution in [0.3, 0.4) is 0 Å². The summed E-state index contributed by atoms with van der Waals surface area (Å²) in [6.07, 6.45) is 2.47. The number of fused-ring (bicyclic) bond motifs is 1. The minimum absolute atomic E-state index is 0.0291. The Hall–Kier alpha value is -4.19. The van der Waals surface area contributed by atoms with E-state index in [4.69, 9.17) is 21.3 Å². The third kappa shape index (κ3) is 6.19. The van der Waals surface area contributed by atoms with Gasteiger partial charge < -0.3 is 31.6 Å². The standard InChI is InChI=1S/C22H26N6O6/c23-9-10-34-21(33)15(7-8-16(29)30)26-19(31)13-4-1-12(2-5-13)3-6-14-11-25-18-17(14)20(32)28-22(24)27-18/h1-2,4-5,11,15H,3,6-10,23H2,(H,26,31)(H,29,30)(H4,24,25,27,28,32)/t15-/m0/s1. The summed E-state index contributed by atoms with van der Waals surface area (Å²) in [5.74, 6) is -2.32. The molecule has 0 radical (unpaired) electrons. The summed E-state index contributed by atoms with van der Waals surface area (Å²) in [6, 6.07) is 5.65. The van der Waals surface area contributed by atoms with Crippen LogP contribution in [0, 0.1) is 0 Å². The minimum Gasteiger partial charge on any atom is -0.481 e. The minimum atomic E-state index is -1.10. The molecular formula is C22H26N6O6. The predicted octanol–water partition coefficient (Wildman–Crippen LogP) is 0.0837. The Labute approximate surface area is 193 Å². The van der Waals surface area contributed by atoms with Crippen LogP contribution in [0.25, 0.3) is 11.0 Å². The molecule has 0 saturated heterocycles. The molecular weight excluding hydrogens is 444 g/mol. The van der Waals surface area contributed by atoms with E-state index < -0.39 is 23.9 Å². The molecule has 3 rings (SSSR count). The number of hydrogen-bond acceptors (Lipinski definition) is 8. The molecule has 1 aromatic carbocycles. The summed E-state index contributed by atoms with van der Waals surface area (Å²) in [6.45, 7) is 0.0863. The molecule has 8 N–H and O–H groups in total. The van der Waals surface area contributed by atoms with Crippen molar-refractivity contribution in [1.82, 2.24) is 20.3 Å². The number of nitrogens with two attached hydrogens (primary N) is 2.